The highest BCUT2D eigenvalue weighted by atomic mass is 31.2. The summed E-state index contributed by atoms with van der Waals surface area (Å²) in [5, 5.41) is 21.7. The quantitative estimate of drug-likeness (QED) is 0.566. The third-order valence-corrected chi connectivity index (χ3v) is 6.19. The monoisotopic (exact) mass is 419 g/mol. The van der Waals surface area contributed by atoms with Gasteiger partial charge in [-0.2, -0.15) is 14.9 Å². The minimum absolute atomic E-state index is 0.0326. The van der Waals surface area contributed by atoms with Crippen molar-refractivity contribution in [2.24, 2.45) is 10.2 Å². The first-order valence-electron chi connectivity index (χ1n) is 9.31. The summed E-state index contributed by atoms with van der Waals surface area (Å²) in [4.78, 5) is 13.6. The van der Waals surface area contributed by atoms with Crippen molar-refractivity contribution >= 4 is 19.3 Å². The van der Waals surface area contributed by atoms with Gasteiger partial charge < -0.3 is 4.89 Å². The van der Waals surface area contributed by atoms with Crippen molar-refractivity contribution in [2.75, 3.05) is 6.61 Å². The molecule has 0 N–H and O–H groups in total. The lowest BCUT2D eigenvalue weighted by molar-refractivity contribution is -0.205. The molecule has 0 saturated heterocycles. The second-order valence-electron chi connectivity index (χ2n) is 6.30. The van der Waals surface area contributed by atoms with Gasteiger partial charge in [0, 0.05) is 11.8 Å². The van der Waals surface area contributed by atoms with Gasteiger partial charge in [0.1, 0.15) is 12.1 Å². The Labute approximate surface area is 174 Å². The smallest absolute Gasteiger partial charge is 0.341 e. The van der Waals surface area contributed by atoms with Gasteiger partial charge in [-0.05, 0) is 19.1 Å². The predicted octanol–water partition coefficient (Wildman–Crippen LogP) is 3.70. The summed E-state index contributed by atoms with van der Waals surface area (Å²) >= 11 is 0. The number of hydrogen-bond donors (Lipinski definition) is 0. The predicted molar refractivity (Wildman–Crippen MR) is 113 cm³/mol. The van der Waals surface area contributed by atoms with Gasteiger partial charge >= 0.3 is 7.94 Å². The summed E-state index contributed by atoms with van der Waals surface area (Å²) in [7, 11) is -3.84. The number of para-hydroxylation sites is 1. The maximum atomic E-state index is 13.6. The Morgan fingerprint density at radius 1 is 1.10 bits per heavy atom. The van der Waals surface area contributed by atoms with Crippen molar-refractivity contribution in [1.82, 2.24) is 9.78 Å². The number of nitriles is 1. The Hall–Kier alpha value is -3.37. The molecule has 9 heteroatoms. The fourth-order valence-corrected chi connectivity index (χ4v) is 4.60. The molecule has 1 atom stereocenters. The van der Waals surface area contributed by atoms with Gasteiger partial charge in [0.15, 0.2) is 0 Å². The molecule has 8 nitrogen and oxygen atoms in total. The molecule has 150 valence electrons. The van der Waals surface area contributed by atoms with Gasteiger partial charge in [-0.15, -0.1) is 10.2 Å². The van der Waals surface area contributed by atoms with E-state index in [4.69, 9.17) is 19.4 Å². The lowest BCUT2D eigenvalue weighted by Gasteiger charge is -2.28. The SMILES string of the molecule is CCO[P+]1([O-])OC(CC#N)=NN=C1c1cn(-c2ccccc2)nc1-c1ccccc1. The summed E-state index contributed by atoms with van der Waals surface area (Å²) < 4.78 is 12.7. The van der Waals surface area contributed by atoms with Gasteiger partial charge in [-0.3, -0.25) is 4.52 Å². The van der Waals surface area contributed by atoms with Crippen LogP contribution in [0.15, 0.2) is 77.1 Å². The summed E-state index contributed by atoms with van der Waals surface area (Å²) in [6.45, 7) is 1.85. The van der Waals surface area contributed by atoms with Gasteiger partial charge in [0.2, 0.25) is 0 Å². The molecule has 3 aromatic rings. The highest BCUT2D eigenvalue weighted by Gasteiger charge is 2.46. The van der Waals surface area contributed by atoms with E-state index in [1.54, 1.807) is 17.8 Å². The van der Waals surface area contributed by atoms with E-state index in [-0.39, 0.29) is 24.4 Å². The van der Waals surface area contributed by atoms with E-state index in [2.05, 4.69) is 10.2 Å². The van der Waals surface area contributed by atoms with Crippen LogP contribution in [0, 0.1) is 11.3 Å². The van der Waals surface area contributed by atoms with Crippen LogP contribution in [-0.2, 0) is 9.05 Å². The Kier molecular flexibility index (Phi) is 5.68. The van der Waals surface area contributed by atoms with E-state index in [1.807, 2.05) is 66.7 Å². The molecule has 0 amide bonds. The third kappa shape index (κ3) is 3.87. The lowest BCUT2D eigenvalue weighted by Crippen LogP contribution is -2.29. The van der Waals surface area contributed by atoms with Gasteiger partial charge in [-0.25, -0.2) is 4.68 Å². The average molecular weight is 419 g/mol. The maximum absolute atomic E-state index is 13.6. The van der Waals surface area contributed by atoms with Crippen LogP contribution >= 0.6 is 7.94 Å². The molecule has 30 heavy (non-hydrogen) atoms. The van der Waals surface area contributed by atoms with Crippen LogP contribution < -0.4 is 4.89 Å². The van der Waals surface area contributed by atoms with Crippen LogP contribution in [-0.4, -0.2) is 27.7 Å². The Morgan fingerprint density at radius 2 is 1.80 bits per heavy atom. The molecular weight excluding hydrogens is 401 g/mol. The highest BCUT2D eigenvalue weighted by molar-refractivity contribution is 7.78. The van der Waals surface area contributed by atoms with Gasteiger partial charge in [-0.1, -0.05) is 48.5 Å². The molecule has 1 aromatic heterocycles. The van der Waals surface area contributed by atoms with Gasteiger partial charge in [0.25, 0.3) is 11.4 Å². The number of nitrogens with zero attached hydrogens (tertiary/aromatic N) is 5. The number of aromatic nitrogens is 2. The standard InChI is InChI=1S/C21H18N5O3P/c1-2-28-30(27)21(24-23-19(29-30)13-14-22)18-15-26(17-11-7-4-8-12-17)25-20(18)16-9-5-3-6-10-16/h3-12,15H,2,13H2,1H3. The topological polar surface area (TPSA) is 108 Å². The zero-order valence-corrected chi connectivity index (χ0v) is 17.1. The van der Waals surface area contributed by atoms with E-state index >= 15 is 0 Å². The minimum atomic E-state index is -3.84. The first-order valence-corrected chi connectivity index (χ1v) is 10.9. The molecule has 4 rings (SSSR count). The van der Waals surface area contributed by atoms with Crippen molar-refractivity contribution in [3.05, 3.63) is 72.4 Å². The maximum Gasteiger partial charge on any atom is 0.341 e. The fraction of sp³-hybridized carbons (Fsp3) is 0.143. The molecular formula is C21H18N5O3P. The van der Waals surface area contributed by atoms with Crippen LogP contribution in [0.25, 0.3) is 16.9 Å². The number of benzene rings is 2. The fourth-order valence-electron chi connectivity index (χ4n) is 3.01. The first kappa shape index (κ1) is 19.9. The number of rotatable bonds is 6. The Bertz CT molecular complexity index is 1140. The minimum Gasteiger partial charge on any atom is -0.618 e. The number of hydrogen-bond acceptors (Lipinski definition) is 7. The lowest BCUT2D eigenvalue weighted by atomic mass is 10.1. The van der Waals surface area contributed by atoms with Gasteiger partial charge in [0.05, 0.1) is 23.9 Å². The van der Waals surface area contributed by atoms with E-state index in [0.29, 0.717) is 11.3 Å². The van der Waals surface area contributed by atoms with E-state index in [0.717, 1.165) is 11.3 Å². The average Bonchev–Trinajstić information content (AvgIpc) is 3.20. The van der Waals surface area contributed by atoms with Crippen molar-refractivity contribution in [3.63, 3.8) is 0 Å². The van der Waals surface area contributed by atoms with Crippen molar-refractivity contribution < 1.29 is 13.9 Å². The van der Waals surface area contributed by atoms with E-state index < -0.39 is 7.94 Å². The van der Waals surface area contributed by atoms with Crippen LogP contribution in [0.2, 0.25) is 0 Å². The van der Waals surface area contributed by atoms with E-state index in [9.17, 15) is 4.89 Å². The molecule has 0 bridgehead atoms. The van der Waals surface area contributed by atoms with E-state index in [1.165, 1.54) is 0 Å². The Morgan fingerprint density at radius 3 is 2.47 bits per heavy atom. The molecule has 0 fully saturated rings. The van der Waals surface area contributed by atoms with Crippen LogP contribution in [0.4, 0.5) is 0 Å². The summed E-state index contributed by atoms with van der Waals surface area (Å²) in [6, 6.07) is 21.0. The second kappa shape index (κ2) is 8.56. The molecule has 1 unspecified atom stereocenters. The Balaban J connectivity index is 1.90. The third-order valence-electron chi connectivity index (χ3n) is 4.29. The van der Waals surface area contributed by atoms with Crippen molar-refractivity contribution in [1.29, 1.82) is 5.26 Å². The zero-order chi connectivity index (χ0) is 21.0. The second-order valence-corrected chi connectivity index (χ2v) is 8.16. The zero-order valence-electron chi connectivity index (χ0n) is 16.2. The summed E-state index contributed by atoms with van der Waals surface area (Å²) in [5.74, 6) is -0.0326. The van der Waals surface area contributed by atoms with Crippen molar-refractivity contribution in [2.45, 2.75) is 13.3 Å². The molecule has 0 radical (unpaired) electrons. The molecule has 2 heterocycles. The van der Waals surface area contributed by atoms with Crippen LogP contribution in [0.5, 0.6) is 0 Å². The molecule has 2 aromatic carbocycles. The molecule has 0 saturated carbocycles. The summed E-state index contributed by atoms with van der Waals surface area (Å²) in [5.41, 5.74) is 2.77. The molecule has 1 aliphatic rings. The largest absolute Gasteiger partial charge is 0.618 e. The summed E-state index contributed by atoms with van der Waals surface area (Å²) in [6.07, 6.45) is 1.58. The molecule has 1 aliphatic heterocycles. The highest BCUT2D eigenvalue weighted by Crippen LogP contribution is 2.58. The van der Waals surface area contributed by atoms with Crippen LogP contribution in [0.1, 0.15) is 18.9 Å². The van der Waals surface area contributed by atoms with Crippen LogP contribution in [0.3, 0.4) is 0 Å². The molecule has 0 aliphatic carbocycles. The molecule has 0 spiro atoms. The van der Waals surface area contributed by atoms with Crippen molar-refractivity contribution in [3.8, 4) is 23.0 Å². The first-order chi connectivity index (χ1) is 14.6. The normalized spacial score (nSPS) is 18.2.